The summed E-state index contributed by atoms with van der Waals surface area (Å²) in [5.74, 6) is -0.919. The van der Waals surface area contributed by atoms with E-state index in [1.54, 1.807) is 49.6 Å². The Balaban J connectivity index is 1.68. The molecule has 2 aromatic carbocycles. The molecular formula is C24H25NO6S. The van der Waals surface area contributed by atoms with Crippen molar-refractivity contribution >= 4 is 39.6 Å². The topological polar surface area (TPSA) is 83.8 Å². The maximum atomic E-state index is 12.4. The highest BCUT2D eigenvalue weighted by atomic mass is 32.1. The Morgan fingerprint density at radius 3 is 2.38 bits per heavy atom. The first-order valence-corrected chi connectivity index (χ1v) is 10.8. The minimum absolute atomic E-state index is 0.0206. The van der Waals surface area contributed by atoms with E-state index >= 15 is 0 Å². The molecule has 0 radical (unpaired) electrons. The molecule has 7 nitrogen and oxygen atoms in total. The van der Waals surface area contributed by atoms with E-state index in [1.165, 1.54) is 24.5 Å². The normalized spacial score (nSPS) is 11.9. The number of esters is 2. The van der Waals surface area contributed by atoms with Gasteiger partial charge in [-0.2, -0.15) is 0 Å². The van der Waals surface area contributed by atoms with Crippen molar-refractivity contribution in [1.82, 2.24) is 4.57 Å². The number of methoxy groups -OCH3 is 1. The van der Waals surface area contributed by atoms with Crippen LogP contribution in [0.5, 0.6) is 5.75 Å². The highest BCUT2D eigenvalue weighted by Gasteiger charge is 2.25. The molecule has 0 bridgehead atoms. The van der Waals surface area contributed by atoms with Crippen LogP contribution in [-0.2, 0) is 25.6 Å². The van der Waals surface area contributed by atoms with Gasteiger partial charge in [-0.15, -0.1) is 0 Å². The number of hydrogen-bond donors (Lipinski definition) is 0. The standard InChI is InChI=1S/C24H25NO6S/c1-24(2,3)31-22(27)18(21(26)29-4)15-16-9-11-17(12-10-16)30-14-13-25-19-7-5-6-8-20(19)32-23(25)28/h5-12,15H,13-14H2,1-4H3/b18-15+. The summed E-state index contributed by atoms with van der Waals surface area (Å²) in [7, 11) is 1.21. The smallest absolute Gasteiger partial charge is 0.346 e. The van der Waals surface area contributed by atoms with Gasteiger partial charge in [-0.3, -0.25) is 9.36 Å². The van der Waals surface area contributed by atoms with Gasteiger partial charge >= 0.3 is 16.8 Å². The highest BCUT2D eigenvalue weighted by molar-refractivity contribution is 7.16. The molecule has 0 unspecified atom stereocenters. The Bertz CT molecular complexity index is 1200. The lowest BCUT2D eigenvalue weighted by Gasteiger charge is -2.20. The van der Waals surface area contributed by atoms with Gasteiger partial charge in [-0.05, 0) is 56.7 Å². The lowest BCUT2D eigenvalue weighted by atomic mass is 10.1. The molecule has 1 aromatic heterocycles. The third-order valence-corrected chi connectivity index (χ3v) is 5.33. The molecule has 0 aliphatic heterocycles. The van der Waals surface area contributed by atoms with Crippen molar-refractivity contribution in [3.05, 3.63) is 69.3 Å². The lowest BCUT2D eigenvalue weighted by molar-refractivity contribution is -0.153. The summed E-state index contributed by atoms with van der Waals surface area (Å²) in [4.78, 5) is 36.6. The first-order valence-electron chi connectivity index (χ1n) is 10.0. The second-order valence-electron chi connectivity index (χ2n) is 7.96. The largest absolute Gasteiger partial charge is 0.492 e. The maximum Gasteiger partial charge on any atom is 0.346 e. The van der Waals surface area contributed by atoms with E-state index < -0.39 is 17.5 Å². The van der Waals surface area contributed by atoms with Crippen molar-refractivity contribution in [2.24, 2.45) is 0 Å². The van der Waals surface area contributed by atoms with E-state index in [1.807, 2.05) is 24.3 Å². The number of carbonyl (C=O) groups is 2. The number of hydrogen-bond acceptors (Lipinski definition) is 7. The van der Waals surface area contributed by atoms with Crippen LogP contribution in [-0.4, -0.2) is 35.8 Å². The molecule has 0 aliphatic rings. The second-order valence-corrected chi connectivity index (χ2v) is 8.95. The summed E-state index contributed by atoms with van der Waals surface area (Å²) < 4.78 is 18.4. The fourth-order valence-corrected chi connectivity index (χ4v) is 3.87. The zero-order valence-corrected chi connectivity index (χ0v) is 19.2. The molecule has 0 aliphatic carbocycles. The predicted octanol–water partition coefficient (Wildman–Crippen LogP) is 4.04. The summed E-state index contributed by atoms with van der Waals surface area (Å²) in [5, 5.41) is 0. The monoisotopic (exact) mass is 455 g/mol. The van der Waals surface area contributed by atoms with Crippen molar-refractivity contribution in [2.45, 2.75) is 32.9 Å². The van der Waals surface area contributed by atoms with Crippen LogP contribution < -0.4 is 9.61 Å². The molecule has 0 saturated heterocycles. The minimum Gasteiger partial charge on any atom is -0.492 e. The van der Waals surface area contributed by atoms with Crippen LogP contribution in [0.15, 0.2) is 58.9 Å². The predicted molar refractivity (Wildman–Crippen MR) is 124 cm³/mol. The number of thiazole rings is 1. The third kappa shape index (κ3) is 5.85. The van der Waals surface area contributed by atoms with Crippen LogP contribution >= 0.6 is 11.3 Å². The Morgan fingerprint density at radius 1 is 1.03 bits per heavy atom. The average molecular weight is 456 g/mol. The molecule has 8 heteroatoms. The highest BCUT2D eigenvalue weighted by Crippen LogP contribution is 2.19. The van der Waals surface area contributed by atoms with Gasteiger partial charge in [-0.1, -0.05) is 35.6 Å². The maximum absolute atomic E-state index is 12.4. The molecule has 1 heterocycles. The van der Waals surface area contributed by atoms with Gasteiger partial charge in [0.25, 0.3) is 0 Å². The van der Waals surface area contributed by atoms with Crippen LogP contribution in [0.2, 0.25) is 0 Å². The van der Waals surface area contributed by atoms with Crippen LogP contribution in [0.25, 0.3) is 16.3 Å². The summed E-state index contributed by atoms with van der Waals surface area (Å²) >= 11 is 1.21. The van der Waals surface area contributed by atoms with E-state index in [9.17, 15) is 14.4 Å². The molecular weight excluding hydrogens is 430 g/mol. The summed E-state index contributed by atoms with van der Waals surface area (Å²) in [6, 6.07) is 14.5. The number of para-hydroxylation sites is 1. The van der Waals surface area contributed by atoms with E-state index in [4.69, 9.17) is 14.2 Å². The van der Waals surface area contributed by atoms with E-state index in [0.717, 1.165) is 10.2 Å². The molecule has 0 fully saturated rings. The van der Waals surface area contributed by atoms with Gasteiger partial charge < -0.3 is 14.2 Å². The van der Waals surface area contributed by atoms with E-state index in [2.05, 4.69) is 0 Å². The van der Waals surface area contributed by atoms with Crippen LogP contribution in [0.4, 0.5) is 0 Å². The molecule has 3 rings (SSSR count). The van der Waals surface area contributed by atoms with Crippen molar-refractivity contribution < 1.29 is 23.8 Å². The Morgan fingerprint density at radius 2 is 1.72 bits per heavy atom. The van der Waals surface area contributed by atoms with Gasteiger partial charge in [0.2, 0.25) is 0 Å². The van der Waals surface area contributed by atoms with Gasteiger partial charge in [-0.25, -0.2) is 9.59 Å². The lowest BCUT2D eigenvalue weighted by Crippen LogP contribution is -2.27. The summed E-state index contributed by atoms with van der Waals surface area (Å²) in [5.41, 5.74) is 0.574. The van der Waals surface area contributed by atoms with Crippen molar-refractivity contribution in [3.63, 3.8) is 0 Å². The first-order chi connectivity index (χ1) is 15.2. The fraction of sp³-hybridized carbons (Fsp3) is 0.292. The summed E-state index contributed by atoms with van der Waals surface area (Å²) in [6.45, 7) is 5.91. The molecule has 0 amide bonds. The van der Waals surface area contributed by atoms with E-state index in [0.29, 0.717) is 24.5 Å². The van der Waals surface area contributed by atoms with Crippen LogP contribution in [0.3, 0.4) is 0 Å². The Kier molecular flexibility index (Phi) is 7.15. The SMILES string of the molecule is COC(=O)/C(=C\c1ccc(OCCn2c(=O)sc3ccccc32)cc1)C(=O)OC(C)(C)C. The molecule has 0 saturated carbocycles. The molecule has 0 atom stereocenters. The zero-order chi connectivity index (χ0) is 23.3. The number of carbonyl (C=O) groups excluding carboxylic acids is 2. The zero-order valence-electron chi connectivity index (χ0n) is 18.4. The van der Waals surface area contributed by atoms with Gasteiger partial charge in [0.05, 0.1) is 23.9 Å². The van der Waals surface area contributed by atoms with Crippen molar-refractivity contribution in [2.75, 3.05) is 13.7 Å². The number of benzene rings is 2. The van der Waals surface area contributed by atoms with Crippen molar-refractivity contribution in [1.29, 1.82) is 0 Å². The second kappa shape index (κ2) is 9.82. The first kappa shape index (κ1) is 23.3. The number of aromatic nitrogens is 1. The van der Waals surface area contributed by atoms with Crippen molar-refractivity contribution in [3.8, 4) is 5.75 Å². The molecule has 3 aromatic rings. The van der Waals surface area contributed by atoms with Crippen LogP contribution in [0.1, 0.15) is 26.3 Å². The van der Waals surface area contributed by atoms with Crippen LogP contribution in [0, 0.1) is 0 Å². The van der Waals surface area contributed by atoms with E-state index in [-0.39, 0.29) is 10.4 Å². The fourth-order valence-electron chi connectivity index (χ4n) is 2.95. The number of rotatable bonds is 7. The minimum atomic E-state index is -0.770. The third-order valence-electron chi connectivity index (χ3n) is 4.37. The number of fused-ring (bicyclic) bond motifs is 1. The van der Waals surface area contributed by atoms with Gasteiger partial charge in [0, 0.05) is 0 Å². The average Bonchev–Trinajstić information content (AvgIpc) is 3.06. The summed E-state index contributed by atoms with van der Waals surface area (Å²) in [6.07, 6.45) is 1.42. The van der Waals surface area contributed by atoms with Gasteiger partial charge in [0.15, 0.2) is 0 Å². The molecule has 168 valence electrons. The quantitative estimate of drug-likeness (QED) is 0.231. The molecule has 0 N–H and O–H groups in total. The Labute approximate surface area is 189 Å². The Hall–Kier alpha value is -3.39. The molecule has 32 heavy (non-hydrogen) atoms. The number of ether oxygens (including phenoxy) is 3. The van der Waals surface area contributed by atoms with Gasteiger partial charge in [0.1, 0.15) is 23.5 Å². The molecule has 0 spiro atoms. The number of nitrogens with zero attached hydrogens (tertiary/aromatic N) is 1.